The van der Waals surface area contributed by atoms with Crippen molar-refractivity contribution in [2.75, 3.05) is 13.1 Å². The SMILES string of the molecule is Cc1cc(-n2ccnc2)cc(C)c1/C=C/C1CCNCC1. The minimum Gasteiger partial charge on any atom is -0.317 e. The molecule has 1 saturated heterocycles. The Morgan fingerprint density at radius 3 is 2.52 bits per heavy atom. The van der Waals surface area contributed by atoms with Gasteiger partial charge in [-0.15, -0.1) is 0 Å². The van der Waals surface area contributed by atoms with Gasteiger partial charge in [0, 0.05) is 18.1 Å². The van der Waals surface area contributed by atoms with Crippen LogP contribution in [0.3, 0.4) is 0 Å². The van der Waals surface area contributed by atoms with E-state index in [2.05, 4.69) is 53.0 Å². The summed E-state index contributed by atoms with van der Waals surface area (Å²) >= 11 is 0. The molecular formula is C18H23N3. The maximum absolute atomic E-state index is 4.12. The summed E-state index contributed by atoms with van der Waals surface area (Å²) in [6.45, 7) is 6.67. The highest BCUT2D eigenvalue weighted by Gasteiger charge is 2.10. The highest BCUT2D eigenvalue weighted by atomic mass is 15.0. The van der Waals surface area contributed by atoms with Crippen molar-refractivity contribution in [3.63, 3.8) is 0 Å². The third-order valence-electron chi connectivity index (χ3n) is 4.30. The zero-order chi connectivity index (χ0) is 14.7. The summed E-state index contributed by atoms with van der Waals surface area (Å²) in [6, 6.07) is 4.47. The van der Waals surface area contributed by atoms with Gasteiger partial charge >= 0.3 is 0 Å². The van der Waals surface area contributed by atoms with E-state index >= 15 is 0 Å². The average Bonchev–Trinajstić information content (AvgIpc) is 3.01. The van der Waals surface area contributed by atoms with E-state index in [0.29, 0.717) is 0 Å². The zero-order valence-corrected chi connectivity index (χ0v) is 12.8. The predicted octanol–water partition coefficient (Wildman–Crippen LogP) is 3.50. The lowest BCUT2D eigenvalue weighted by Crippen LogP contribution is -2.26. The van der Waals surface area contributed by atoms with Crippen LogP contribution in [0.2, 0.25) is 0 Å². The molecule has 0 atom stereocenters. The maximum Gasteiger partial charge on any atom is 0.0991 e. The molecule has 1 fully saturated rings. The smallest absolute Gasteiger partial charge is 0.0991 e. The number of nitrogens with zero attached hydrogens (tertiary/aromatic N) is 2. The summed E-state index contributed by atoms with van der Waals surface area (Å²) in [6.07, 6.45) is 12.9. The molecule has 21 heavy (non-hydrogen) atoms. The van der Waals surface area contributed by atoms with Crippen LogP contribution in [0.25, 0.3) is 11.8 Å². The minimum absolute atomic E-state index is 0.721. The third-order valence-corrected chi connectivity index (χ3v) is 4.30. The van der Waals surface area contributed by atoms with E-state index in [9.17, 15) is 0 Å². The molecular weight excluding hydrogens is 258 g/mol. The Bertz CT molecular complexity index is 597. The van der Waals surface area contributed by atoms with Crippen molar-refractivity contribution >= 4 is 6.08 Å². The molecule has 0 amide bonds. The number of imidazole rings is 1. The van der Waals surface area contributed by atoms with Crippen molar-refractivity contribution in [1.29, 1.82) is 0 Å². The van der Waals surface area contributed by atoms with Crippen LogP contribution < -0.4 is 5.32 Å². The van der Waals surface area contributed by atoms with E-state index in [0.717, 1.165) is 19.0 Å². The fraction of sp³-hybridized carbons (Fsp3) is 0.389. The minimum atomic E-state index is 0.721. The number of benzene rings is 1. The molecule has 3 heteroatoms. The molecule has 0 radical (unpaired) electrons. The Morgan fingerprint density at radius 1 is 1.19 bits per heavy atom. The van der Waals surface area contributed by atoms with Crippen LogP contribution in [0.5, 0.6) is 0 Å². The predicted molar refractivity (Wildman–Crippen MR) is 87.7 cm³/mol. The van der Waals surface area contributed by atoms with Crippen LogP contribution in [0.15, 0.2) is 36.9 Å². The summed E-state index contributed by atoms with van der Waals surface area (Å²) in [5.41, 5.74) is 5.19. The second kappa shape index (κ2) is 6.27. The molecule has 1 N–H and O–H groups in total. The van der Waals surface area contributed by atoms with E-state index < -0.39 is 0 Å². The maximum atomic E-state index is 4.12. The van der Waals surface area contributed by atoms with Gasteiger partial charge in [-0.3, -0.25) is 0 Å². The molecule has 3 rings (SSSR count). The summed E-state index contributed by atoms with van der Waals surface area (Å²) in [5.74, 6) is 0.721. The molecule has 0 saturated carbocycles. The summed E-state index contributed by atoms with van der Waals surface area (Å²) in [7, 11) is 0. The lowest BCUT2D eigenvalue weighted by Gasteiger charge is -2.19. The monoisotopic (exact) mass is 281 g/mol. The van der Waals surface area contributed by atoms with Crippen LogP contribution >= 0.6 is 0 Å². The average molecular weight is 281 g/mol. The number of hydrogen-bond acceptors (Lipinski definition) is 2. The second-order valence-corrected chi connectivity index (χ2v) is 5.91. The summed E-state index contributed by atoms with van der Waals surface area (Å²) in [5, 5.41) is 3.42. The van der Waals surface area contributed by atoms with Gasteiger partial charge in [-0.1, -0.05) is 12.2 Å². The highest BCUT2D eigenvalue weighted by Crippen LogP contribution is 2.22. The van der Waals surface area contributed by atoms with Gasteiger partial charge in [0.15, 0.2) is 0 Å². The first-order valence-corrected chi connectivity index (χ1v) is 7.72. The highest BCUT2D eigenvalue weighted by molar-refractivity contribution is 5.61. The van der Waals surface area contributed by atoms with Crippen molar-refractivity contribution in [2.45, 2.75) is 26.7 Å². The normalized spacial score (nSPS) is 16.7. The molecule has 110 valence electrons. The fourth-order valence-corrected chi connectivity index (χ4v) is 3.04. The number of allylic oxidation sites excluding steroid dienone is 1. The Kier molecular flexibility index (Phi) is 4.20. The van der Waals surface area contributed by atoms with Gasteiger partial charge in [-0.05, 0) is 74.5 Å². The molecule has 1 aliphatic heterocycles. The van der Waals surface area contributed by atoms with E-state index in [1.165, 1.54) is 35.2 Å². The Balaban J connectivity index is 1.84. The first-order valence-electron chi connectivity index (χ1n) is 7.72. The van der Waals surface area contributed by atoms with Crippen molar-refractivity contribution in [2.24, 2.45) is 5.92 Å². The Morgan fingerprint density at radius 2 is 1.90 bits per heavy atom. The van der Waals surface area contributed by atoms with Gasteiger partial charge in [0.1, 0.15) is 0 Å². The number of hydrogen-bond donors (Lipinski definition) is 1. The van der Waals surface area contributed by atoms with E-state index in [1.54, 1.807) is 0 Å². The second-order valence-electron chi connectivity index (χ2n) is 5.91. The van der Waals surface area contributed by atoms with Gasteiger partial charge in [0.2, 0.25) is 0 Å². The zero-order valence-electron chi connectivity index (χ0n) is 12.8. The molecule has 2 aromatic rings. The Hall–Kier alpha value is -1.87. The van der Waals surface area contributed by atoms with Gasteiger partial charge in [0.05, 0.1) is 6.33 Å². The van der Waals surface area contributed by atoms with Crippen LogP contribution in [0.1, 0.15) is 29.5 Å². The summed E-state index contributed by atoms with van der Waals surface area (Å²) < 4.78 is 2.06. The van der Waals surface area contributed by atoms with Crippen molar-refractivity contribution in [3.05, 3.63) is 53.6 Å². The fourth-order valence-electron chi connectivity index (χ4n) is 3.04. The molecule has 1 aliphatic rings. The van der Waals surface area contributed by atoms with Crippen molar-refractivity contribution in [3.8, 4) is 5.69 Å². The molecule has 2 heterocycles. The van der Waals surface area contributed by atoms with E-state index in [4.69, 9.17) is 0 Å². The van der Waals surface area contributed by atoms with Crippen LogP contribution in [-0.4, -0.2) is 22.6 Å². The van der Waals surface area contributed by atoms with Crippen molar-refractivity contribution in [1.82, 2.24) is 14.9 Å². The molecule has 1 aromatic carbocycles. The molecule has 1 aromatic heterocycles. The molecule has 0 bridgehead atoms. The number of piperidine rings is 1. The lowest BCUT2D eigenvalue weighted by atomic mass is 9.94. The van der Waals surface area contributed by atoms with E-state index in [-0.39, 0.29) is 0 Å². The number of aromatic nitrogens is 2. The number of aryl methyl sites for hydroxylation is 2. The van der Waals surface area contributed by atoms with Gasteiger partial charge in [-0.2, -0.15) is 0 Å². The molecule has 3 nitrogen and oxygen atoms in total. The van der Waals surface area contributed by atoms with Crippen LogP contribution in [0, 0.1) is 19.8 Å². The lowest BCUT2D eigenvalue weighted by molar-refractivity contribution is 0.438. The van der Waals surface area contributed by atoms with Gasteiger partial charge < -0.3 is 9.88 Å². The first kappa shape index (κ1) is 14.1. The first-order chi connectivity index (χ1) is 10.2. The Labute approximate surface area is 126 Å². The quantitative estimate of drug-likeness (QED) is 0.933. The van der Waals surface area contributed by atoms with Crippen molar-refractivity contribution < 1.29 is 0 Å². The number of nitrogens with one attached hydrogen (secondary N) is 1. The van der Waals surface area contributed by atoms with Gasteiger partial charge in [-0.25, -0.2) is 4.98 Å². The van der Waals surface area contributed by atoms with E-state index in [1.807, 2.05) is 18.7 Å². The molecule has 0 spiro atoms. The topological polar surface area (TPSA) is 29.9 Å². The number of rotatable bonds is 3. The van der Waals surface area contributed by atoms with Crippen LogP contribution in [-0.2, 0) is 0 Å². The third kappa shape index (κ3) is 3.24. The molecule has 0 unspecified atom stereocenters. The largest absolute Gasteiger partial charge is 0.317 e. The molecule has 0 aliphatic carbocycles. The standard InChI is InChI=1S/C18H23N3/c1-14-11-17(21-10-9-20-13-21)12-15(2)18(14)4-3-16-5-7-19-8-6-16/h3-4,9-13,16,19H,5-8H2,1-2H3/b4-3+. The van der Waals surface area contributed by atoms with Gasteiger partial charge in [0.25, 0.3) is 0 Å². The summed E-state index contributed by atoms with van der Waals surface area (Å²) in [4.78, 5) is 4.12. The van der Waals surface area contributed by atoms with Crippen LogP contribution in [0.4, 0.5) is 0 Å².